The number of rotatable bonds is 7. The Morgan fingerprint density at radius 1 is 0.893 bits per heavy atom. The highest BCUT2D eigenvalue weighted by Crippen LogP contribution is 2.29. The summed E-state index contributed by atoms with van der Waals surface area (Å²) in [6.07, 6.45) is -15.6. The molecule has 0 bridgehead atoms. The lowest BCUT2D eigenvalue weighted by Gasteiger charge is -2.45. The summed E-state index contributed by atoms with van der Waals surface area (Å²) in [4.78, 5) is 11.3. The molecule has 0 saturated carbocycles. The van der Waals surface area contributed by atoms with Crippen molar-refractivity contribution in [2.45, 2.75) is 61.4 Å². The second-order valence-corrected chi connectivity index (χ2v) is 6.42. The molecule has 2 fully saturated rings. The number of hydrogen-bond donors (Lipinski definition) is 7. The molecule has 13 heteroatoms. The average Bonchev–Trinajstić information content (AvgIpc) is 2.68. The molecule has 0 radical (unpaired) electrons. The Morgan fingerprint density at radius 3 is 2.11 bits per heavy atom. The highest BCUT2D eigenvalue weighted by Gasteiger charge is 2.51. The molecule has 2 heterocycles. The van der Waals surface area contributed by atoms with Gasteiger partial charge in [-0.15, -0.1) is 0 Å². The van der Waals surface area contributed by atoms with Crippen molar-refractivity contribution in [1.82, 2.24) is 0 Å². The van der Waals surface area contributed by atoms with Gasteiger partial charge in [0.05, 0.1) is 13.2 Å². The van der Waals surface area contributed by atoms with Crippen molar-refractivity contribution in [3.63, 3.8) is 0 Å². The lowest BCUT2D eigenvalue weighted by atomic mass is 9.97. The van der Waals surface area contributed by atoms with Gasteiger partial charge in [0, 0.05) is 7.11 Å². The number of ether oxygens (including phenoxy) is 5. The Labute approximate surface area is 159 Å². The predicted octanol–water partition coefficient (Wildman–Crippen LogP) is -5.20. The first-order valence-electron chi connectivity index (χ1n) is 8.52. The van der Waals surface area contributed by atoms with E-state index in [-0.39, 0.29) is 6.61 Å². The van der Waals surface area contributed by atoms with Crippen LogP contribution in [0.5, 0.6) is 0 Å². The highest BCUT2D eigenvalue weighted by molar-refractivity contribution is 5.70. The first kappa shape index (κ1) is 23.3. The Hall–Kier alpha value is -0.970. The van der Waals surface area contributed by atoms with Gasteiger partial charge in [0.1, 0.15) is 49.3 Å². The molecule has 0 spiro atoms. The van der Waals surface area contributed by atoms with Gasteiger partial charge in [-0.05, 0) is 0 Å². The van der Waals surface area contributed by atoms with E-state index in [2.05, 4.69) is 0 Å². The zero-order chi connectivity index (χ0) is 21.0. The number of aliphatic hydroxyl groups is 7. The van der Waals surface area contributed by atoms with Gasteiger partial charge < -0.3 is 59.4 Å². The third-order valence-electron chi connectivity index (χ3n) is 4.50. The van der Waals surface area contributed by atoms with E-state index < -0.39 is 80.6 Å². The second-order valence-electron chi connectivity index (χ2n) is 6.42. The third-order valence-corrected chi connectivity index (χ3v) is 4.50. The molecule has 0 aromatic carbocycles. The summed E-state index contributed by atoms with van der Waals surface area (Å²) in [6, 6.07) is 0. The minimum Gasteiger partial charge on any atom is -0.455 e. The van der Waals surface area contributed by atoms with E-state index in [0.29, 0.717) is 0 Å². The van der Waals surface area contributed by atoms with Crippen LogP contribution in [0, 0.1) is 0 Å². The first-order chi connectivity index (χ1) is 13.2. The van der Waals surface area contributed by atoms with Gasteiger partial charge in [-0.1, -0.05) is 0 Å². The van der Waals surface area contributed by atoms with Gasteiger partial charge in [0.2, 0.25) is 0 Å². The quantitative estimate of drug-likeness (QED) is 0.195. The van der Waals surface area contributed by atoms with Crippen molar-refractivity contribution in [1.29, 1.82) is 0 Å². The molecule has 7 N–H and O–H groups in total. The molecule has 28 heavy (non-hydrogen) atoms. The molecular formula is C15H26O13. The van der Waals surface area contributed by atoms with Gasteiger partial charge in [-0.2, -0.15) is 0 Å². The monoisotopic (exact) mass is 414 g/mol. The van der Waals surface area contributed by atoms with E-state index in [1.807, 2.05) is 0 Å². The van der Waals surface area contributed by atoms with Crippen LogP contribution in [-0.4, -0.2) is 130 Å². The molecule has 0 aromatic heterocycles. The zero-order valence-electron chi connectivity index (χ0n) is 15.0. The molecular weight excluding hydrogens is 388 g/mol. The molecule has 2 aliphatic heterocycles. The number of methoxy groups -OCH3 is 1. The summed E-state index contributed by atoms with van der Waals surface area (Å²) in [7, 11) is 1.30. The summed E-state index contributed by atoms with van der Waals surface area (Å²) < 4.78 is 25.5. The van der Waals surface area contributed by atoms with E-state index >= 15 is 0 Å². The largest absolute Gasteiger partial charge is 0.455 e. The molecule has 164 valence electrons. The van der Waals surface area contributed by atoms with Crippen LogP contribution in [0.3, 0.4) is 0 Å². The number of esters is 1. The van der Waals surface area contributed by atoms with Crippen molar-refractivity contribution in [3.8, 4) is 0 Å². The van der Waals surface area contributed by atoms with Crippen molar-refractivity contribution < 1.29 is 64.2 Å². The average molecular weight is 414 g/mol. The van der Waals surface area contributed by atoms with Crippen molar-refractivity contribution in [3.05, 3.63) is 0 Å². The molecule has 0 aromatic rings. The molecule has 0 aliphatic carbocycles. The fourth-order valence-corrected chi connectivity index (χ4v) is 3.02. The number of carbonyl (C=O) groups is 1. The second kappa shape index (κ2) is 10.2. The maximum atomic E-state index is 11.3. The Bertz CT molecular complexity index is 504. The molecule has 5 unspecified atom stereocenters. The number of hydrogen-bond acceptors (Lipinski definition) is 13. The highest BCUT2D eigenvalue weighted by atomic mass is 16.7. The van der Waals surface area contributed by atoms with E-state index in [1.165, 1.54) is 7.11 Å². The summed E-state index contributed by atoms with van der Waals surface area (Å²) >= 11 is 0. The van der Waals surface area contributed by atoms with Crippen LogP contribution in [0.1, 0.15) is 0 Å². The smallest absolute Gasteiger partial charge is 0.332 e. The van der Waals surface area contributed by atoms with E-state index in [0.717, 1.165) is 0 Å². The van der Waals surface area contributed by atoms with Crippen LogP contribution in [-0.2, 0) is 28.5 Å². The van der Waals surface area contributed by atoms with Gasteiger partial charge in [0.25, 0.3) is 0 Å². The summed E-state index contributed by atoms with van der Waals surface area (Å²) in [5, 5.41) is 68.4. The predicted molar refractivity (Wildman–Crippen MR) is 84.4 cm³/mol. The topological polar surface area (TPSA) is 205 Å². The lowest BCUT2D eigenvalue weighted by molar-refractivity contribution is -0.362. The Morgan fingerprint density at radius 2 is 1.54 bits per heavy atom. The maximum Gasteiger partial charge on any atom is 0.332 e. The molecule has 2 aliphatic rings. The van der Waals surface area contributed by atoms with Crippen LogP contribution in [0.2, 0.25) is 0 Å². The fraction of sp³-hybridized carbons (Fsp3) is 0.933. The fourth-order valence-electron chi connectivity index (χ4n) is 3.02. The van der Waals surface area contributed by atoms with Crippen LogP contribution in [0.25, 0.3) is 0 Å². The van der Waals surface area contributed by atoms with Crippen LogP contribution < -0.4 is 0 Å². The number of aliphatic hydroxyl groups excluding tert-OH is 7. The molecule has 0 amide bonds. The maximum absolute atomic E-state index is 11.3. The Balaban J connectivity index is 2.12. The van der Waals surface area contributed by atoms with Crippen molar-refractivity contribution >= 4 is 5.97 Å². The van der Waals surface area contributed by atoms with E-state index in [1.54, 1.807) is 0 Å². The molecule has 2 saturated heterocycles. The van der Waals surface area contributed by atoms with Gasteiger partial charge >= 0.3 is 5.97 Å². The Kier molecular flexibility index (Phi) is 8.47. The van der Waals surface area contributed by atoms with Crippen LogP contribution >= 0.6 is 0 Å². The minimum atomic E-state index is -1.79. The third kappa shape index (κ3) is 4.95. The van der Waals surface area contributed by atoms with Gasteiger partial charge in [0.15, 0.2) is 18.7 Å². The van der Waals surface area contributed by atoms with Crippen molar-refractivity contribution in [2.75, 3.05) is 26.9 Å². The molecule has 13 nitrogen and oxygen atoms in total. The summed E-state index contributed by atoms with van der Waals surface area (Å²) in [5.41, 5.74) is 0. The van der Waals surface area contributed by atoms with Crippen LogP contribution in [0.15, 0.2) is 0 Å². The normalized spacial score (nSPS) is 44.3. The standard InChI is InChI=1S/C15H26O13/c1-24-4-6-12(27-7(18)3-17)10(21)11(22)15(26-6)28-13-9(20)8(19)5(2-16)25-14(13)23/h5-6,8-17,19-23H,2-4H2,1H3/t5?,6?,8-,9?,10?,11+,12-,13+,14?,15+/m1/s1. The molecule has 10 atom stereocenters. The van der Waals surface area contributed by atoms with E-state index in [4.69, 9.17) is 33.9 Å². The SMILES string of the molecule is COCC1O[C@@H](O[C@@H]2C(O)OC(CO)[C@@H](O)C2O)[C@@H](O)C(O)[C@@H]1OC(=O)CO. The summed E-state index contributed by atoms with van der Waals surface area (Å²) in [5.74, 6) is -1.06. The van der Waals surface area contributed by atoms with Gasteiger partial charge in [-0.25, -0.2) is 4.79 Å². The van der Waals surface area contributed by atoms with Crippen LogP contribution in [0.4, 0.5) is 0 Å². The lowest BCUT2D eigenvalue weighted by Crippen LogP contribution is -2.64. The minimum absolute atomic E-state index is 0.200. The molecule has 2 rings (SSSR count). The summed E-state index contributed by atoms with van der Waals surface area (Å²) in [6.45, 7) is -1.83. The first-order valence-corrected chi connectivity index (χ1v) is 8.52. The van der Waals surface area contributed by atoms with Crippen molar-refractivity contribution in [2.24, 2.45) is 0 Å². The number of carbonyl (C=O) groups excluding carboxylic acids is 1. The van der Waals surface area contributed by atoms with E-state index in [9.17, 15) is 30.3 Å². The van der Waals surface area contributed by atoms with Gasteiger partial charge in [-0.3, -0.25) is 0 Å². The zero-order valence-corrected chi connectivity index (χ0v) is 15.0.